The van der Waals surface area contributed by atoms with Crippen LogP contribution < -0.4 is 20.4 Å². The molecular formula is C20H26N4OS. The molecule has 6 heteroatoms. The van der Waals surface area contributed by atoms with E-state index in [0.29, 0.717) is 11.7 Å². The van der Waals surface area contributed by atoms with Gasteiger partial charge in [0.2, 0.25) is 0 Å². The zero-order valence-corrected chi connectivity index (χ0v) is 16.3. The highest BCUT2D eigenvalue weighted by molar-refractivity contribution is 7.80. The first-order valence-electron chi connectivity index (χ1n) is 8.71. The van der Waals surface area contributed by atoms with E-state index in [-0.39, 0.29) is 0 Å². The van der Waals surface area contributed by atoms with E-state index < -0.39 is 0 Å². The van der Waals surface area contributed by atoms with Gasteiger partial charge in [-0.05, 0) is 61.5 Å². The minimum absolute atomic E-state index is 0.483. The van der Waals surface area contributed by atoms with Gasteiger partial charge in [0.05, 0.1) is 13.3 Å². The van der Waals surface area contributed by atoms with Crippen LogP contribution in [-0.2, 0) is 6.54 Å². The molecule has 2 rings (SSSR count). The van der Waals surface area contributed by atoms with Crippen LogP contribution in [0.1, 0.15) is 25.0 Å². The fraction of sp³-hybridized carbons (Fsp3) is 0.300. The van der Waals surface area contributed by atoms with Gasteiger partial charge in [0.25, 0.3) is 0 Å². The summed E-state index contributed by atoms with van der Waals surface area (Å²) in [6.45, 7) is 6.94. The first kappa shape index (κ1) is 19.7. The van der Waals surface area contributed by atoms with E-state index in [0.717, 1.165) is 30.0 Å². The molecule has 138 valence electrons. The van der Waals surface area contributed by atoms with Crippen molar-refractivity contribution in [3.8, 4) is 5.75 Å². The normalized spacial score (nSPS) is 10.6. The number of hydrogen-bond donors (Lipinski definition) is 2. The van der Waals surface area contributed by atoms with Gasteiger partial charge >= 0.3 is 0 Å². The number of benzene rings is 2. The van der Waals surface area contributed by atoms with Gasteiger partial charge in [-0.25, -0.2) is 0 Å². The number of nitrogens with one attached hydrogen (secondary N) is 2. The molecule has 0 amide bonds. The highest BCUT2D eigenvalue weighted by atomic mass is 32.1. The van der Waals surface area contributed by atoms with Gasteiger partial charge in [0.15, 0.2) is 5.11 Å². The molecule has 26 heavy (non-hydrogen) atoms. The summed E-state index contributed by atoms with van der Waals surface area (Å²) in [5.74, 6) is 0.839. The maximum absolute atomic E-state index is 5.24. The average Bonchev–Trinajstić information content (AvgIpc) is 2.69. The SMILES string of the molecule is CCN(CC)c1ccc(/C=N\NC(=S)NCc2ccc(OC)cc2)cc1. The molecule has 0 saturated heterocycles. The van der Waals surface area contributed by atoms with Crippen LogP contribution in [0.15, 0.2) is 53.6 Å². The minimum atomic E-state index is 0.483. The van der Waals surface area contributed by atoms with Crippen LogP contribution in [0, 0.1) is 0 Å². The van der Waals surface area contributed by atoms with Crippen molar-refractivity contribution in [3.63, 3.8) is 0 Å². The lowest BCUT2D eigenvalue weighted by atomic mass is 10.2. The molecule has 0 saturated carbocycles. The summed E-state index contributed by atoms with van der Waals surface area (Å²) in [6.07, 6.45) is 1.76. The van der Waals surface area contributed by atoms with Gasteiger partial charge in [0.1, 0.15) is 5.75 Å². The summed E-state index contributed by atoms with van der Waals surface area (Å²) in [4.78, 5) is 2.30. The lowest BCUT2D eigenvalue weighted by Crippen LogP contribution is -2.31. The number of nitrogens with zero attached hydrogens (tertiary/aromatic N) is 2. The van der Waals surface area contributed by atoms with Gasteiger partial charge in [-0.1, -0.05) is 24.3 Å². The molecule has 0 aliphatic rings. The number of methoxy groups -OCH3 is 1. The van der Waals surface area contributed by atoms with Crippen LogP contribution in [0.4, 0.5) is 5.69 Å². The number of thiocarbonyl (C=S) groups is 1. The summed E-state index contributed by atoms with van der Waals surface area (Å²) >= 11 is 5.24. The Morgan fingerprint density at radius 2 is 1.73 bits per heavy atom. The summed E-state index contributed by atoms with van der Waals surface area (Å²) in [5.41, 5.74) is 6.19. The molecule has 0 fully saturated rings. The Labute approximate surface area is 161 Å². The number of hydrazone groups is 1. The Morgan fingerprint density at radius 1 is 1.08 bits per heavy atom. The van der Waals surface area contributed by atoms with E-state index in [1.165, 1.54) is 5.69 Å². The fourth-order valence-electron chi connectivity index (χ4n) is 2.49. The zero-order chi connectivity index (χ0) is 18.8. The van der Waals surface area contributed by atoms with Crippen molar-refractivity contribution in [3.05, 3.63) is 59.7 Å². The molecule has 0 aliphatic heterocycles. The Morgan fingerprint density at radius 3 is 2.31 bits per heavy atom. The van der Waals surface area contributed by atoms with Crippen molar-refractivity contribution in [1.29, 1.82) is 0 Å². The first-order valence-corrected chi connectivity index (χ1v) is 9.12. The summed E-state index contributed by atoms with van der Waals surface area (Å²) in [7, 11) is 1.65. The van der Waals surface area contributed by atoms with Crippen LogP contribution in [0.25, 0.3) is 0 Å². The smallest absolute Gasteiger partial charge is 0.187 e. The van der Waals surface area contributed by atoms with Gasteiger partial charge in [0, 0.05) is 25.3 Å². The number of hydrogen-bond acceptors (Lipinski definition) is 4. The average molecular weight is 371 g/mol. The fourth-order valence-corrected chi connectivity index (χ4v) is 2.62. The first-order chi connectivity index (χ1) is 12.7. The van der Waals surface area contributed by atoms with Crippen molar-refractivity contribution in [1.82, 2.24) is 10.7 Å². The second-order valence-electron chi connectivity index (χ2n) is 5.66. The van der Waals surface area contributed by atoms with Crippen LogP contribution in [0.5, 0.6) is 5.75 Å². The Hall–Kier alpha value is -2.60. The van der Waals surface area contributed by atoms with E-state index in [4.69, 9.17) is 17.0 Å². The maximum Gasteiger partial charge on any atom is 0.187 e. The lowest BCUT2D eigenvalue weighted by molar-refractivity contribution is 0.414. The maximum atomic E-state index is 5.24. The molecule has 2 aromatic rings. The molecule has 2 aromatic carbocycles. The van der Waals surface area contributed by atoms with Gasteiger partial charge in [-0.3, -0.25) is 5.43 Å². The quantitative estimate of drug-likeness (QED) is 0.423. The Bertz CT molecular complexity index is 710. The highest BCUT2D eigenvalue weighted by Gasteiger charge is 2.00. The van der Waals surface area contributed by atoms with E-state index in [1.54, 1.807) is 13.3 Å². The molecule has 0 heterocycles. The van der Waals surface area contributed by atoms with E-state index in [9.17, 15) is 0 Å². The van der Waals surface area contributed by atoms with Crippen LogP contribution in [0.2, 0.25) is 0 Å². The standard InChI is InChI=1S/C20H26N4OS/c1-4-24(5-2)18-10-6-17(7-11-18)15-22-23-20(26)21-14-16-8-12-19(25-3)13-9-16/h6-13,15H,4-5,14H2,1-3H3,(H2,21,23,26)/b22-15-. The third kappa shape index (κ3) is 6.04. The number of ether oxygens (including phenoxy) is 1. The van der Waals surface area contributed by atoms with Crippen LogP contribution >= 0.6 is 12.2 Å². The van der Waals surface area contributed by atoms with Gasteiger partial charge < -0.3 is 15.0 Å². The Balaban J connectivity index is 1.78. The molecule has 0 spiro atoms. The van der Waals surface area contributed by atoms with Crippen molar-refractivity contribution in [2.24, 2.45) is 5.10 Å². The summed E-state index contributed by atoms with van der Waals surface area (Å²) < 4.78 is 5.14. The molecule has 0 unspecified atom stereocenters. The molecule has 0 bridgehead atoms. The second-order valence-corrected chi connectivity index (χ2v) is 6.07. The molecule has 2 N–H and O–H groups in total. The Kier molecular flexibility index (Phi) is 7.89. The molecule has 0 radical (unpaired) electrons. The third-order valence-corrected chi connectivity index (χ3v) is 4.25. The lowest BCUT2D eigenvalue weighted by Gasteiger charge is -2.20. The number of anilines is 1. The number of rotatable bonds is 8. The van der Waals surface area contributed by atoms with E-state index >= 15 is 0 Å². The molecule has 0 atom stereocenters. The van der Waals surface area contributed by atoms with Gasteiger partial charge in [-0.2, -0.15) is 5.10 Å². The van der Waals surface area contributed by atoms with Crippen molar-refractivity contribution >= 4 is 29.2 Å². The topological polar surface area (TPSA) is 48.9 Å². The van der Waals surface area contributed by atoms with Crippen LogP contribution in [0.3, 0.4) is 0 Å². The highest BCUT2D eigenvalue weighted by Crippen LogP contribution is 2.14. The van der Waals surface area contributed by atoms with E-state index in [2.05, 4.69) is 46.7 Å². The summed E-state index contributed by atoms with van der Waals surface area (Å²) in [5, 5.41) is 7.79. The van der Waals surface area contributed by atoms with Gasteiger partial charge in [-0.15, -0.1) is 0 Å². The zero-order valence-electron chi connectivity index (χ0n) is 15.5. The van der Waals surface area contributed by atoms with Crippen LogP contribution in [-0.4, -0.2) is 31.5 Å². The second kappa shape index (κ2) is 10.4. The molecule has 5 nitrogen and oxygen atoms in total. The van der Waals surface area contributed by atoms with Crippen molar-refractivity contribution in [2.45, 2.75) is 20.4 Å². The molecular weight excluding hydrogens is 344 g/mol. The minimum Gasteiger partial charge on any atom is -0.497 e. The predicted molar refractivity (Wildman–Crippen MR) is 113 cm³/mol. The van der Waals surface area contributed by atoms with E-state index in [1.807, 2.05) is 36.4 Å². The predicted octanol–water partition coefficient (Wildman–Crippen LogP) is 3.54. The summed E-state index contributed by atoms with van der Waals surface area (Å²) in [6, 6.07) is 16.1. The third-order valence-electron chi connectivity index (χ3n) is 4.01. The van der Waals surface area contributed by atoms with Crippen molar-refractivity contribution < 1.29 is 4.74 Å². The van der Waals surface area contributed by atoms with Crippen molar-refractivity contribution in [2.75, 3.05) is 25.1 Å². The molecule has 0 aromatic heterocycles. The monoisotopic (exact) mass is 370 g/mol. The largest absolute Gasteiger partial charge is 0.497 e. The molecule has 0 aliphatic carbocycles.